The van der Waals surface area contributed by atoms with Gasteiger partial charge in [0, 0.05) is 24.7 Å². The molecule has 3 rings (SSSR count). The molecule has 6 heteroatoms. The second kappa shape index (κ2) is 8.85. The van der Waals surface area contributed by atoms with E-state index in [-0.39, 0.29) is 5.75 Å². The van der Waals surface area contributed by atoms with Crippen LogP contribution < -0.4 is 0 Å². The lowest BCUT2D eigenvalue weighted by Crippen LogP contribution is -2.42. The number of nitrogens with zero attached hydrogens (tertiary/aromatic N) is 2. The lowest BCUT2D eigenvalue weighted by Gasteiger charge is -2.34. The van der Waals surface area contributed by atoms with Gasteiger partial charge in [-0.2, -0.15) is 0 Å². The lowest BCUT2D eigenvalue weighted by molar-refractivity contribution is 0.186. The number of sulfonamides is 1. The van der Waals surface area contributed by atoms with Crippen molar-refractivity contribution in [1.82, 2.24) is 9.21 Å². The Balaban J connectivity index is 1.51. The summed E-state index contributed by atoms with van der Waals surface area (Å²) in [6, 6.07) is 7.21. The van der Waals surface area contributed by atoms with Crippen molar-refractivity contribution in [3.63, 3.8) is 0 Å². The molecule has 0 aromatic heterocycles. The van der Waals surface area contributed by atoms with Gasteiger partial charge >= 0.3 is 0 Å². The first-order valence-corrected chi connectivity index (χ1v) is 11.5. The van der Waals surface area contributed by atoms with Gasteiger partial charge in [-0.05, 0) is 56.3 Å². The molecule has 2 heterocycles. The Labute approximate surface area is 157 Å². The maximum atomic E-state index is 12.7. The summed E-state index contributed by atoms with van der Waals surface area (Å²) in [5.74, 6) is 0.633. The van der Waals surface area contributed by atoms with E-state index in [1.54, 1.807) is 16.4 Å². The molecular formula is C19H29ClN2O2S. The highest BCUT2D eigenvalue weighted by Crippen LogP contribution is 2.25. The quantitative estimate of drug-likeness (QED) is 0.776. The van der Waals surface area contributed by atoms with Crippen LogP contribution in [-0.2, 0) is 15.8 Å². The van der Waals surface area contributed by atoms with E-state index in [2.05, 4.69) is 4.90 Å². The molecule has 0 saturated carbocycles. The number of likely N-dealkylation sites (tertiary alicyclic amines) is 1. The van der Waals surface area contributed by atoms with E-state index in [9.17, 15) is 8.42 Å². The first-order valence-electron chi connectivity index (χ1n) is 9.48. The average molecular weight is 385 g/mol. The highest BCUT2D eigenvalue weighted by molar-refractivity contribution is 7.88. The number of hydrogen-bond acceptors (Lipinski definition) is 3. The number of hydrogen-bond donors (Lipinski definition) is 0. The third-order valence-corrected chi connectivity index (χ3v) is 7.67. The number of halogens is 1. The monoisotopic (exact) mass is 384 g/mol. The molecule has 2 aliphatic heterocycles. The van der Waals surface area contributed by atoms with Crippen LogP contribution in [0.1, 0.15) is 44.1 Å². The summed E-state index contributed by atoms with van der Waals surface area (Å²) < 4.78 is 27.1. The SMILES string of the molecule is O=S(=O)(Cc1ccccc1Cl)N1CCC(CN2CCCCCC2)CC1. The summed E-state index contributed by atoms with van der Waals surface area (Å²) in [7, 11) is -3.29. The Morgan fingerprint density at radius 1 is 0.960 bits per heavy atom. The van der Waals surface area contributed by atoms with Gasteiger partial charge in [0.25, 0.3) is 0 Å². The van der Waals surface area contributed by atoms with E-state index in [0.29, 0.717) is 29.6 Å². The number of benzene rings is 1. The summed E-state index contributed by atoms with van der Waals surface area (Å²) in [5.41, 5.74) is 0.691. The fraction of sp³-hybridized carbons (Fsp3) is 0.684. The van der Waals surface area contributed by atoms with Gasteiger partial charge in [-0.15, -0.1) is 0 Å². The van der Waals surface area contributed by atoms with Gasteiger partial charge in [0.2, 0.25) is 10.0 Å². The van der Waals surface area contributed by atoms with Crippen LogP contribution in [0.15, 0.2) is 24.3 Å². The van der Waals surface area contributed by atoms with Gasteiger partial charge < -0.3 is 4.90 Å². The number of rotatable bonds is 5. The van der Waals surface area contributed by atoms with Crippen molar-refractivity contribution in [3.05, 3.63) is 34.9 Å². The Morgan fingerprint density at radius 3 is 2.24 bits per heavy atom. The molecule has 0 spiro atoms. The molecule has 2 fully saturated rings. The molecule has 0 atom stereocenters. The molecule has 0 unspecified atom stereocenters. The predicted octanol–water partition coefficient (Wildman–Crippen LogP) is 3.76. The zero-order valence-corrected chi connectivity index (χ0v) is 16.4. The van der Waals surface area contributed by atoms with Crippen molar-refractivity contribution < 1.29 is 8.42 Å². The van der Waals surface area contributed by atoms with Crippen LogP contribution in [0.4, 0.5) is 0 Å². The van der Waals surface area contributed by atoms with Crippen LogP contribution in [0, 0.1) is 5.92 Å². The van der Waals surface area contributed by atoms with Crippen molar-refractivity contribution in [2.45, 2.75) is 44.3 Å². The Kier molecular flexibility index (Phi) is 6.78. The molecule has 2 saturated heterocycles. The Morgan fingerprint density at radius 2 is 1.60 bits per heavy atom. The summed E-state index contributed by atoms with van der Waals surface area (Å²) in [5, 5.41) is 0.530. The average Bonchev–Trinajstić information content (AvgIpc) is 2.86. The zero-order chi connectivity index (χ0) is 17.7. The maximum absolute atomic E-state index is 12.7. The maximum Gasteiger partial charge on any atom is 0.218 e. The zero-order valence-electron chi connectivity index (χ0n) is 14.9. The van der Waals surface area contributed by atoms with Crippen molar-refractivity contribution in [3.8, 4) is 0 Å². The second-order valence-electron chi connectivity index (χ2n) is 7.40. The summed E-state index contributed by atoms with van der Waals surface area (Å²) in [6.45, 7) is 4.85. The van der Waals surface area contributed by atoms with Crippen LogP contribution in [0.2, 0.25) is 5.02 Å². The normalized spacial score (nSPS) is 22.0. The highest BCUT2D eigenvalue weighted by atomic mass is 35.5. The van der Waals surface area contributed by atoms with Gasteiger partial charge in [-0.25, -0.2) is 12.7 Å². The highest BCUT2D eigenvalue weighted by Gasteiger charge is 2.29. The molecule has 0 bridgehead atoms. The minimum Gasteiger partial charge on any atom is -0.303 e. The first-order chi connectivity index (χ1) is 12.0. The molecule has 2 aliphatic rings. The van der Waals surface area contributed by atoms with Gasteiger partial charge in [0.1, 0.15) is 0 Å². The van der Waals surface area contributed by atoms with E-state index >= 15 is 0 Å². The number of piperidine rings is 1. The minimum absolute atomic E-state index is 0.00344. The van der Waals surface area contributed by atoms with Crippen molar-refractivity contribution in [1.29, 1.82) is 0 Å². The first kappa shape index (κ1) is 19.2. The van der Waals surface area contributed by atoms with Crippen molar-refractivity contribution in [2.24, 2.45) is 5.92 Å². The molecule has 1 aromatic rings. The smallest absolute Gasteiger partial charge is 0.218 e. The minimum atomic E-state index is -3.29. The van der Waals surface area contributed by atoms with E-state index < -0.39 is 10.0 Å². The summed E-state index contributed by atoms with van der Waals surface area (Å²) in [4.78, 5) is 2.59. The third-order valence-electron chi connectivity index (χ3n) is 5.48. The van der Waals surface area contributed by atoms with Gasteiger partial charge in [0.05, 0.1) is 5.75 Å². The van der Waals surface area contributed by atoms with Crippen LogP contribution in [0.3, 0.4) is 0 Å². The van der Waals surface area contributed by atoms with Crippen LogP contribution in [-0.4, -0.2) is 50.3 Å². The molecule has 0 radical (unpaired) electrons. The summed E-state index contributed by atoms with van der Waals surface area (Å²) in [6.07, 6.45) is 7.27. The molecular weight excluding hydrogens is 356 g/mol. The van der Waals surface area contributed by atoms with Gasteiger partial charge in [-0.1, -0.05) is 42.6 Å². The van der Waals surface area contributed by atoms with E-state index in [1.165, 1.54) is 38.8 Å². The van der Waals surface area contributed by atoms with Crippen LogP contribution >= 0.6 is 11.6 Å². The Hall–Kier alpha value is -0.620. The second-order valence-corrected chi connectivity index (χ2v) is 9.78. The third kappa shape index (κ3) is 5.43. The standard InChI is InChI=1S/C19H29ClN2O2S/c20-19-8-4-3-7-18(19)16-25(23,24)22-13-9-17(10-14-22)15-21-11-5-1-2-6-12-21/h3-4,7-8,17H,1-2,5-6,9-16H2. The molecule has 4 nitrogen and oxygen atoms in total. The van der Waals surface area contributed by atoms with Gasteiger partial charge in [0.15, 0.2) is 0 Å². The van der Waals surface area contributed by atoms with E-state index in [1.807, 2.05) is 12.1 Å². The molecule has 0 aliphatic carbocycles. The van der Waals surface area contributed by atoms with Crippen LogP contribution in [0.5, 0.6) is 0 Å². The van der Waals surface area contributed by atoms with E-state index in [0.717, 1.165) is 19.4 Å². The largest absolute Gasteiger partial charge is 0.303 e. The summed E-state index contributed by atoms with van der Waals surface area (Å²) >= 11 is 6.13. The van der Waals surface area contributed by atoms with Gasteiger partial charge in [-0.3, -0.25) is 0 Å². The predicted molar refractivity (Wildman–Crippen MR) is 103 cm³/mol. The van der Waals surface area contributed by atoms with Crippen molar-refractivity contribution in [2.75, 3.05) is 32.7 Å². The topological polar surface area (TPSA) is 40.6 Å². The van der Waals surface area contributed by atoms with E-state index in [4.69, 9.17) is 11.6 Å². The fourth-order valence-corrected chi connectivity index (χ4v) is 5.83. The Bertz CT molecular complexity index is 649. The molecule has 1 aromatic carbocycles. The van der Waals surface area contributed by atoms with Crippen molar-refractivity contribution >= 4 is 21.6 Å². The fourth-order valence-electron chi connectivity index (χ4n) is 3.96. The molecule has 0 N–H and O–H groups in total. The molecule has 25 heavy (non-hydrogen) atoms. The molecule has 140 valence electrons. The molecule has 0 amide bonds. The van der Waals surface area contributed by atoms with Crippen LogP contribution in [0.25, 0.3) is 0 Å². The lowest BCUT2D eigenvalue weighted by atomic mass is 9.97.